The number of nitrogens with one attached hydrogen (secondary N) is 2. The van der Waals surface area contributed by atoms with Crippen LogP contribution in [-0.4, -0.2) is 32.7 Å². The van der Waals surface area contributed by atoms with Crippen molar-refractivity contribution >= 4 is 5.91 Å². The van der Waals surface area contributed by atoms with Gasteiger partial charge in [0, 0.05) is 20.0 Å². The van der Waals surface area contributed by atoms with E-state index in [1.807, 2.05) is 12.1 Å². The van der Waals surface area contributed by atoms with Crippen molar-refractivity contribution < 1.29 is 9.53 Å². The highest BCUT2D eigenvalue weighted by Crippen LogP contribution is 2.11. The fourth-order valence-corrected chi connectivity index (χ4v) is 1.48. The third kappa shape index (κ3) is 5.92. The van der Waals surface area contributed by atoms with Crippen LogP contribution in [0.5, 0.6) is 5.75 Å². The highest BCUT2D eigenvalue weighted by Gasteiger charge is 1.95. The van der Waals surface area contributed by atoms with Crippen LogP contribution in [0, 0.1) is 0 Å². The van der Waals surface area contributed by atoms with Crippen LogP contribution in [0.3, 0.4) is 0 Å². The van der Waals surface area contributed by atoms with Gasteiger partial charge in [-0.15, -0.1) is 0 Å². The van der Waals surface area contributed by atoms with E-state index in [1.165, 1.54) is 12.5 Å². The fraction of sp³-hybridized carbons (Fsp3) is 0.462. The molecule has 0 heterocycles. The Labute approximate surface area is 102 Å². The largest absolute Gasteiger partial charge is 0.497 e. The fourth-order valence-electron chi connectivity index (χ4n) is 1.48. The molecule has 0 spiro atoms. The van der Waals surface area contributed by atoms with E-state index in [0.29, 0.717) is 6.54 Å². The molecular formula is C13H20N2O2. The van der Waals surface area contributed by atoms with Gasteiger partial charge in [0.25, 0.3) is 0 Å². The Morgan fingerprint density at radius 3 is 2.47 bits per heavy atom. The van der Waals surface area contributed by atoms with Gasteiger partial charge in [0.15, 0.2) is 0 Å². The van der Waals surface area contributed by atoms with Gasteiger partial charge in [-0.25, -0.2) is 0 Å². The van der Waals surface area contributed by atoms with E-state index in [1.54, 1.807) is 7.11 Å². The number of carbonyl (C=O) groups excluding carboxylic acids is 1. The number of benzene rings is 1. The minimum Gasteiger partial charge on any atom is -0.497 e. The van der Waals surface area contributed by atoms with E-state index >= 15 is 0 Å². The van der Waals surface area contributed by atoms with Gasteiger partial charge in [0.05, 0.1) is 7.11 Å². The summed E-state index contributed by atoms with van der Waals surface area (Å²) >= 11 is 0. The lowest BCUT2D eigenvalue weighted by molar-refractivity contribution is -0.118. The molecule has 1 amide bonds. The van der Waals surface area contributed by atoms with E-state index in [9.17, 15) is 4.79 Å². The number of hydrogen-bond donors (Lipinski definition) is 2. The molecule has 0 saturated heterocycles. The quantitative estimate of drug-likeness (QED) is 0.693. The van der Waals surface area contributed by atoms with Crippen LogP contribution in [-0.2, 0) is 11.2 Å². The second-order valence-corrected chi connectivity index (χ2v) is 3.83. The summed E-state index contributed by atoms with van der Waals surface area (Å²) in [6.45, 7) is 3.91. The molecule has 0 radical (unpaired) electrons. The van der Waals surface area contributed by atoms with Gasteiger partial charge in [-0.1, -0.05) is 12.1 Å². The van der Waals surface area contributed by atoms with Crippen molar-refractivity contribution in [2.75, 3.05) is 26.7 Å². The molecule has 4 heteroatoms. The molecule has 4 nitrogen and oxygen atoms in total. The maximum absolute atomic E-state index is 10.6. The summed E-state index contributed by atoms with van der Waals surface area (Å²) in [6.07, 6.45) is 0.976. The number of carbonyl (C=O) groups is 1. The molecule has 0 unspecified atom stereocenters. The monoisotopic (exact) mass is 236 g/mol. The van der Waals surface area contributed by atoms with Gasteiger partial charge in [-0.05, 0) is 30.7 Å². The second-order valence-electron chi connectivity index (χ2n) is 3.83. The lowest BCUT2D eigenvalue weighted by atomic mass is 10.1. The van der Waals surface area contributed by atoms with E-state index in [-0.39, 0.29) is 5.91 Å². The Morgan fingerprint density at radius 1 is 1.18 bits per heavy atom. The topological polar surface area (TPSA) is 50.4 Å². The van der Waals surface area contributed by atoms with Crippen LogP contribution >= 0.6 is 0 Å². The molecule has 0 atom stereocenters. The van der Waals surface area contributed by atoms with Crippen molar-refractivity contribution in [2.24, 2.45) is 0 Å². The van der Waals surface area contributed by atoms with Crippen molar-refractivity contribution in [3.63, 3.8) is 0 Å². The minimum atomic E-state index is 0.0157. The van der Waals surface area contributed by atoms with Crippen molar-refractivity contribution in [1.29, 1.82) is 0 Å². The van der Waals surface area contributed by atoms with Crippen LogP contribution in [0.15, 0.2) is 24.3 Å². The molecule has 17 heavy (non-hydrogen) atoms. The lowest BCUT2D eigenvalue weighted by Crippen LogP contribution is -2.31. The average molecular weight is 236 g/mol. The summed E-state index contributed by atoms with van der Waals surface area (Å²) in [6, 6.07) is 8.06. The second kappa shape index (κ2) is 7.68. The summed E-state index contributed by atoms with van der Waals surface area (Å²) in [4.78, 5) is 10.6. The third-order valence-corrected chi connectivity index (χ3v) is 2.43. The number of methoxy groups -OCH3 is 1. The Bertz CT molecular complexity index is 336. The Hall–Kier alpha value is -1.55. The maximum atomic E-state index is 10.6. The lowest BCUT2D eigenvalue weighted by Gasteiger charge is -2.06. The molecule has 0 aromatic heterocycles. The molecule has 0 aliphatic carbocycles. The molecule has 0 aliphatic heterocycles. The molecule has 1 rings (SSSR count). The smallest absolute Gasteiger partial charge is 0.216 e. The normalized spacial score (nSPS) is 10.0. The Balaban J connectivity index is 2.11. The minimum absolute atomic E-state index is 0.0157. The summed E-state index contributed by atoms with van der Waals surface area (Å²) in [5.41, 5.74) is 1.28. The van der Waals surface area contributed by atoms with Crippen LogP contribution < -0.4 is 15.4 Å². The van der Waals surface area contributed by atoms with Crippen LogP contribution in [0.25, 0.3) is 0 Å². The number of hydrogen-bond acceptors (Lipinski definition) is 3. The van der Waals surface area contributed by atoms with Gasteiger partial charge in [-0.3, -0.25) is 4.79 Å². The Kier molecular flexibility index (Phi) is 6.10. The first-order valence-corrected chi connectivity index (χ1v) is 5.80. The van der Waals surface area contributed by atoms with Crippen LogP contribution in [0.1, 0.15) is 12.5 Å². The SMILES string of the molecule is COc1ccc(CCNCCNC(C)=O)cc1. The molecule has 94 valence electrons. The Morgan fingerprint density at radius 2 is 1.88 bits per heavy atom. The van der Waals surface area contributed by atoms with E-state index < -0.39 is 0 Å². The predicted octanol–water partition coefficient (Wildman–Crippen LogP) is 0.963. The zero-order chi connectivity index (χ0) is 12.5. The first-order valence-electron chi connectivity index (χ1n) is 5.80. The molecular weight excluding hydrogens is 216 g/mol. The van der Waals surface area contributed by atoms with E-state index in [2.05, 4.69) is 22.8 Å². The van der Waals surface area contributed by atoms with Crippen molar-refractivity contribution in [1.82, 2.24) is 10.6 Å². The van der Waals surface area contributed by atoms with Crippen LogP contribution in [0.4, 0.5) is 0 Å². The standard InChI is InChI=1S/C13H20N2O2/c1-11(16)15-10-9-14-8-7-12-3-5-13(17-2)6-4-12/h3-6,14H,7-10H2,1-2H3,(H,15,16). The zero-order valence-corrected chi connectivity index (χ0v) is 10.5. The predicted molar refractivity (Wildman–Crippen MR) is 68.3 cm³/mol. The first-order chi connectivity index (χ1) is 8.22. The van der Waals surface area contributed by atoms with Crippen LogP contribution in [0.2, 0.25) is 0 Å². The summed E-state index contributed by atoms with van der Waals surface area (Å²) in [5, 5.41) is 6.01. The van der Waals surface area contributed by atoms with Gasteiger partial charge in [-0.2, -0.15) is 0 Å². The summed E-state index contributed by atoms with van der Waals surface area (Å²) in [7, 11) is 1.67. The van der Waals surface area contributed by atoms with Crippen molar-refractivity contribution in [3.8, 4) is 5.75 Å². The summed E-state index contributed by atoms with van der Waals surface area (Å²) < 4.78 is 5.09. The summed E-state index contributed by atoms with van der Waals surface area (Å²) in [5.74, 6) is 0.898. The van der Waals surface area contributed by atoms with E-state index in [4.69, 9.17) is 4.74 Å². The molecule has 0 bridgehead atoms. The molecule has 1 aromatic rings. The molecule has 0 fully saturated rings. The third-order valence-electron chi connectivity index (χ3n) is 2.43. The average Bonchev–Trinajstić information content (AvgIpc) is 2.34. The van der Waals surface area contributed by atoms with Gasteiger partial charge >= 0.3 is 0 Å². The van der Waals surface area contributed by atoms with Gasteiger partial charge in [0.2, 0.25) is 5.91 Å². The molecule has 2 N–H and O–H groups in total. The highest BCUT2D eigenvalue weighted by atomic mass is 16.5. The molecule has 1 aromatic carbocycles. The first kappa shape index (κ1) is 13.5. The molecule has 0 aliphatic rings. The van der Waals surface area contributed by atoms with Crippen molar-refractivity contribution in [3.05, 3.63) is 29.8 Å². The zero-order valence-electron chi connectivity index (χ0n) is 10.5. The number of ether oxygens (including phenoxy) is 1. The molecule has 0 saturated carbocycles. The number of amides is 1. The number of rotatable bonds is 7. The van der Waals surface area contributed by atoms with Crippen molar-refractivity contribution in [2.45, 2.75) is 13.3 Å². The van der Waals surface area contributed by atoms with E-state index in [0.717, 1.165) is 25.3 Å². The van der Waals surface area contributed by atoms with Gasteiger partial charge in [0.1, 0.15) is 5.75 Å². The van der Waals surface area contributed by atoms with Gasteiger partial charge < -0.3 is 15.4 Å². The maximum Gasteiger partial charge on any atom is 0.216 e. The highest BCUT2D eigenvalue weighted by molar-refractivity contribution is 5.72.